The summed E-state index contributed by atoms with van der Waals surface area (Å²) >= 11 is 1.35. The largest absolute Gasteiger partial charge is 0.481 e. The van der Waals surface area contributed by atoms with E-state index in [-0.39, 0.29) is 25.0 Å². The van der Waals surface area contributed by atoms with Crippen molar-refractivity contribution < 1.29 is 24.2 Å². The molecule has 3 aromatic rings. The van der Waals surface area contributed by atoms with E-state index in [9.17, 15) is 19.5 Å². The molecule has 2 N–H and O–H groups in total. The second kappa shape index (κ2) is 10.7. The van der Waals surface area contributed by atoms with Gasteiger partial charge in [0.2, 0.25) is 0 Å². The molecule has 0 fully saturated rings. The highest BCUT2D eigenvalue weighted by Gasteiger charge is 2.32. The van der Waals surface area contributed by atoms with Gasteiger partial charge in [-0.3, -0.25) is 9.59 Å². The summed E-state index contributed by atoms with van der Waals surface area (Å²) in [6, 6.07) is 18.8. The first-order valence-corrected chi connectivity index (χ1v) is 12.4. The molecule has 0 spiro atoms. The van der Waals surface area contributed by atoms with Gasteiger partial charge in [0.25, 0.3) is 5.91 Å². The van der Waals surface area contributed by atoms with E-state index < -0.39 is 24.0 Å². The number of alkyl carbamates (subject to hydrolysis) is 1. The van der Waals surface area contributed by atoms with E-state index in [1.807, 2.05) is 41.8 Å². The molecule has 7 nitrogen and oxygen atoms in total. The van der Waals surface area contributed by atoms with Crippen LogP contribution in [0.5, 0.6) is 0 Å². The zero-order chi connectivity index (χ0) is 24.9. The third-order valence-electron chi connectivity index (χ3n) is 6.29. The lowest BCUT2D eigenvalue weighted by molar-refractivity contribution is -0.143. The van der Waals surface area contributed by atoms with Crippen LogP contribution in [-0.4, -0.2) is 47.7 Å². The Morgan fingerprint density at radius 1 is 1.03 bits per heavy atom. The Hall–Kier alpha value is -3.65. The number of benzene rings is 2. The summed E-state index contributed by atoms with van der Waals surface area (Å²) in [5.41, 5.74) is 4.48. The number of likely N-dealkylation sites (N-methyl/N-ethyl adjacent to an activating group) is 1. The number of fused-ring (bicyclic) bond motifs is 3. The number of hydrogen-bond donors (Lipinski definition) is 2. The summed E-state index contributed by atoms with van der Waals surface area (Å²) in [4.78, 5) is 39.6. The number of carboxylic acid groups (broad SMARTS) is 1. The van der Waals surface area contributed by atoms with Crippen LogP contribution >= 0.6 is 11.3 Å². The van der Waals surface area contributed by atoms with Gasteiger partial charge in [-0.2, -0.15) is 0 Å². The second-order valence-corrected chi connectivity index (χ2v) is 9.51. The molecule has 0 saturated carbocycles. The Balaban J connectivity index is 1.48. The summed E-state index contributed by atoms with van der Waals surface area (Å²) in [6.07, 6.45) is -0.694. The monoisotopic (exact) mass is 492 g/mol. The van der Waals surface area contributed by atoms with Crippen molar-refractivity contribution in [3.63, 3.8) is 0 Å². The number of thiophene rings is 1. The Bertz CT molecular complexity index is 1160. The summed E-state index contributed by atoms with van der Waals surface area (Å²) in [5, 5.41) is 13.8. The minimum atomic E-state index is -0.978. The van der Waals surface area contributed by atoms with Gasteiger partial charge in [0, 0.05) is 23.9 Å². The highest BCUT2D eigenvalue weighted by Crippen LogP contribution is 2.44. The predicted molar refractivity (Wildman–Crippen MR) is 134 cm³/mol. The van der Waals surface area contributed by atoms with Gasteiger partial charge in [0.1, 0.15) is 12.6 Å². The minimum Gasteiger partial charge on any atom is -0.481 e. The molecule has 8 heteroatoms. The molecule has 0 bridgehead atoms. The predicted octanol–water partition coefficient (Wildman–Crippen LogP) is 4.90. The van der Waals surface area contributed by atoms with Crippen LogP contribution in [0.3, 0.4) is 0 Å². The Morgan fingerprint density at radius 3 is 2.20 bits per heavy atom. The molecule has 2 atom stereocenters. The van der Waals surface area contributed by atoms with Crippen LogP contribution in [0.4, 0.5) is 4.79 Å². The van der Waals surface area contributed by atoms with Crippen LogP contribution in [0, 0.1) is 5.92 Å². The topological polar surface area (TPSA) is 95.9 Å². The fourth-order valence-electron chi connectivity index (χ4n) is 4.43. The standard InChI is InChI=1S/C27H28N2O5S/c1-3-29(15-17(2)26(31)32)25(30)24(23-13-8-14-35-23)28-27(33)34-16-22-20-11-6-4-9-18(20)19-10-5-7-12-21(19)22/h4-14,17,22,24H,3,15-16H2,1-2H3,(H,28,33)(H,31,32). The van der Waals surface area contributed by atoms with Gasteiger partial charge in [0.15, 0.2) is 0 Å². The minimum absolute atomic E-state index is 0.0545. The van der Waals surface area contributed by atoms with Gasteiger partial charge in [-0.15, -0.1) is 11.3 Å². The number of carbonyl (C=O) groups excluding carboxylic acids is 2. The quantitative estimate of drug-likeness (QED) is 0.443. The maximum atomic E-state index is 13.3. The average molecular weight is 493 g/mol. The van der Waals surface area contributed by atoms with E-state index in [1.165, 1.54) is 16.2 Å². The fourth-order valence-corrected chi connectivity index (χ4v) is 5.20. The maximum absolute atomic E-state index is 13.3. The summed E-state index contributed by atoms with van der Waals surface area (Å²) in [6.45, 7) is 3.85. The normalized spacial score (nSPS) is 13.9. The molecular formula is C27H28N2O5S. The number of rotatable bonds is 9. The van der Waals surface area contributed by atoms with Crippen LogP contribution in [0.1, 0.15) is 41.8 Å². The zero-order valence-electron chi connectivity index (χ0n) is 19.6. The van der Waals surface area contributed by atoms with Crippen LogP contribution in [-0.2, 0) is 14.3 Å². The van der Waals surface area contributed by atoms with Crippen molar-refractivity contribution in [2.24, 2.45) is 5.92 Å². The number of carboxylic acids is 1. The second-order valence-electron chi connectivity index (χ2n) is 8.53. The van der Waals surface area contributed by atoms with Gasteiger partial charge in [-0.05, 0) is 40.6 Å². The number of nitrogens with one attached hydrogen (secondary N) is 1. The van der Waals surface area contributed by atoms with Crippen molar-refractivity contribution in [2.75, 3.05) is 19.7 Å². The van der Waals surface area contributed by atoms with E-state index in [0.29, 0.717) is 11.4 Å². The Morgan fingerprint density at radius 2 is 1.66 bits per heavy atom. The highest BCUT2D eigenvalue weighted by molar-refractivity contribution is 7.10. The Kier molecular flexibility index (Phi) is 7.51. The molecule has 2 unspecified atom stereocenters. The lowest BCUT2D eigenvalue weighted by atomic mass is 9.98. The highest BCUT2D eigenvalue weighted by atomic mass is 32.1. The molecule has 2 aromatic carbocycles. The third-order valence-corrected chi connectivity index (χ3v) is 7.23. The van der Waals surface area contributed by atoms with Crippen molar-refractivity contribution in [1.82, 2.24) is 10.2 Å². The zero-order valence-corrected chi connectivity index (χ0v) is 20.5. The first-order chi connectivity index (χ1) is 16.9. The molecule has 35 heavy (non-hydrogen) atoms. The van der Waals surface area contributed by atoms with Crippen LogP contribution in [0.15, 0.2) is 66.0 Å². The van der Waals surface area contributed by atoms with Crippen LogP contribution < -0.4 is 5.32 Å². The maximum Gasteiger partial charge on any atom is 0.408 e. The average Bonchev–Trinajstić information content (AvgIpc) is 3.51. The lowest BCUT2D eigenvalue weighted by Crippen LogP contribution is -2.45. The van der Waals surface area contributed by atoms with Gasteiger partial charge in [-0.25, -0.2) is 4.79 Å². The number of ether oxygens (including phenoxy) is 1. The van der Waals surface area contributed by atoms with Gasteiger partial charge in [0.05, 0.1) is 5.92 Å². The Labute approximate surface area is 208 Å². The molecule has 0 radical (unpaired) electrons. The molecule has 4 rings (SSSR count). The van der Waals surface area contributed by atoms with Crippen molar-refractivity contribution in [2.45, 2.75) is 25.8 Å². The number of aliphatic carboxylic acids is 1. The molecule has 1 aromatic heterocycles. The van der Waals surface area contributed by atoms with Crippen LogP contribution in [0.2, 0.25) is 0 Å². The van der Waals surface area contributed by atoms with Gasteiger partial charge < -0.3 is 20.1 Å². The molecule has 1 aliphatic carbocycles. The molecule has 0 aliphatic heterocycles. The van der Waals surface area contributed by atoms with Crippen molar-refractivity contribution in [1.29, 1.82) is 0 Å². The SMILES string of the molecule is CCN(CC(C)C(=O)O)C(=O)C(NC(=O)OCC1c2ccccc2-c2ccccc21)c1cccs1. The van der Waals surface area contributed by atoms with Gasteiger partial charge in [-0.1, -0.05) is 61.5 Å². The summed E-state index contributed by atoms with van der Waals surface area (Å²) < 4.78 is 5.64. The number of hydrogen-bond acceptors (Lipinski definition) is 5. The summed E-state index contributed by atoms with van der Waals surface area (Å²) in [5.74, 6) is -2.16. The lowest BCUT2D eigenvalue weighted by Gasteiger charge is -2.27. The van der Waals surface area contributed by atoms with Crippen LogP contribution in [0.25, 0.3) is 11.1 Å². The van der Waals surface area contributed by atoms with E-state index >= 15 is 0 Å². The van der Waals surface area contributed by atoms with Crippen molar-refractivity contribution in [3.05, 3.63) is 82.0 Å². The fraction of sp³-hybridized carbons (Fsp3) is 0.296. The first kappa shape index (κ1) is 24.5. The van der Waals surface area contributed by atoms with E-state index in [1.54, 1.807) is 26.0 Å². The number of nitrogens with zero attached hydrogens (tertiary/aromatic N) is 1. The molecule has 1 aliphatic rings. The molecule has 182 valence electrons. The molecule has 2 amide bonds. The van der Waals surface area contributed by atoms with Crippen molar-refractivity contribution in [3.8, 4) is 11.1 Å². The first-order valence-electron chi connectivity index (χ1n) is 11.6. The van der Waals surface area contributed by atoms with Gasteiger partial charge >= 0.3 is 12.1 Å². The summed E-state index contributed by atoms with van der Waals surface area (Å²) in [7, 11) is 0. The number of amides is 2. The molecule has 0 saturated heterocycles. The van der Waals surface area contributed by atoms with Crippen molar-refractivity contribution >= 4 is 29.3 Å². The smallest absolute Gasteiger partial charge is 0.408 e. The molecular weight excluding hydrogens is 464 g/mol. The van der Waals surface area contributed by atoms with E-state index in [0.717, 1.165) is 22.3 Å². The third kappa shape index (κ3) is 5.22. The van der Waals surface area contributed by atoms with E-state index in [2.05, 4.69) is 17.4 Å². The number of carbonyl (C=O) groups is 3. The van der Waals surface area contributed by atoms with E-state index in [4.69, 9.17) is 4.74 Å². The molecule has 1 heterocycles.